The van der Waals surface area contributed by atoms with Gasteiger partial charge in [-0.1, -0.05) is 48.5 Å². The molecule has 0 spiro atoms. The van der Waals surface area contributed by atoms with Crippen molar-refractivity contribution in [1.82, 2.24) is 10.6 Å². The van der Waals surface area contributed by atoms with Crippen molar-refractivity contribution in [3.8, 4) is 0 Å². The number of rotatable bonds is 5. The van der Waals surface area contributed by atoms with Crippen molar-refractivity contribution in [1.29, 1.82) is 0 Å². The summed E-state index contributed by atoms with van der Waals surface area (Å²) in [5.74, 6) is 0.875. The molecule has 5 aliphatic carbocycles. The highest BCUT2D eigenvalue weighted by Crippen LogP contribution is 2.75. The standard InChI is InChI=1S/C40H64N2O6/c1-23(2)30-26(44)22-40(41-32(45)36(9,10)42-33(46)48-34(4,5)6)21-20-38(12)25(31(30)40)14-15-28-37(11)18-17-29(47-24(3)43)35(7,8)27(37)16-19-39(28,38)13/h23,25,27-29H,14-22H2,1-13H3,(H,41,45)(H,42,46)/t25-,27+,28-,29+,37+,38-,39-,40-/m1/s1. The Morgan fingerprint density at radius 2 is 1.48 bits per heavy atom. The summed E-state index contributed by atoms with van der Waals surface area (Å²) in [4.78, 5) is 52.8. The van der Waals surface area contributed by atoms with Crippen molar-refractivity contribution in [2.75, 3.05) is 0 Å². The molecule has 0 aromatic carbocycles. The van der Waals surface area contributed by atoms with Gasteiger partial charge in [0.05, 0.1) is 5.54 Å². The maximum Gasteiger partial charge on any atom is 0.408 e. The van der Waals surface area contributed by atoms with Gasteiger partial charge in [0.15, 0.2) is 5.78 Å². The van der Waals surface area contributed by atoms with Gasteiger partial charge in [0.1, 0.15) is 17.2 Å². The minimum atomic E-state index is -1.24. The topological polar surface area (TPSA) is 111 Å². The number of carbonyl (C=O) groups excluding carboxylic acids is 4. The van der Waals surface area contributed by atoms with Crippen LogP contribution in [0, 0.1) is 45.3 Å². The first-order valence-electron chi connectivity index (χ1n) is 18.6. The number of allylic oxidation sites excluding steroid dienone is 1. The molecule has 2 amide bonds. The zero-order valence-corrected chi connectivity index (χ0v) is 32.2. The van der Waals surface area contributed by atoms with Crippen LogP contribution in [0.3, 0.4) is 0 Å². The first-order chi connectivity index (χ1) is 21.8. The predicted octanol–water partition coefficient (Wildman–Crippen LogP) is 8.07. The van der Waals surface area contributed by atoms with Gasteiger partial charge in [-0.05, 0) is 137 Å². The fraction of sp³-hybridized carbons (Fsp3) is 0.850. The number of amides is 2. The first kappa shape index (κ1) is 36.9. The van der Waals surface area contributed by atoms with Crippen molar-refractivity contribution in [2.45, 2.75) is 171 Å². The number of hydrogen-bond donors (Lipinski definition) is 2. The van der Waals surface area contributed by atoms with E-state index >= 15 is 0 Å². The quantitative estimate of drug-likeness (QED) is 0.287. The molecule has 270 valence electrons. The number of fused-ring (bicyclic) bond motifs is 7. The van der Waals surface area contributed by atoms with Gasteiger partial charge in [0.2, 0.25) is 5.91 Å². The third-order valence-corrected chi connectivity index (χ3v) is 14.4. The van der Waals surface area contributed by atoms with Crippen molar-refractivity contribution < 1.29 is 28.7 Å². The lowest BCUT2D eigenvalue weighted by Crippen LogP contribution is -2.68. The molecule has 5 aliphatic rings. The summed E-state index contributed by atoms with van der Waals surface area (Å²) in [6, 6.07) is 0. The Morgan fingerprint density at radius 3 is 2.06 bits per heavy atom. The molecule has 0 aromatic heterocycles. The van der Waals surface area contributed by atoms with Crippen molar-refractivity contribution in [3.63, 3.8) is 0 Å². The molecule has 0 heterocycles. The molecule has 0 aromatic rings. The molecule has 0 unspecified atom stereocenters. The second kappa shape index (κ2) is 11.6. The van der Waals surface area contributed by atoms with E-state index < -0.39 is 22.8 Å². The molecule has 0 aliphatic heterocycles. The highest BCUT2D eigenvalue weighted by Gasteiger charge is 2.70. The fourth-order valence-electron chi connectivity index (χ4n) is 12.1. The summed E-state index contributed by atoms with van der Waals surface area (Å²) in [6.07, 6.45) is 7.43. The van der Waals surface area contributed by atoms with Crippen molar-refractivity contribution in [2.24, 2.45) is 45.3 Å². The first-order valence-corrected chi connectivity index (χ1v) is 18.6. The monoisotopic (exact) mass is 668 g/mol. The van der Waals surface area contributed by atoms with Crippen LogP contribution >= 0.6 is 0 Å². The lowest BCUT2D eigenvalue weighted by atomic mass is 9.33. The molecule has 4 saturated carbocycles. The largest absolute Gasteiger partial charge is 0.462 e. The number of Topliss-reactive ketones (excluding diaryl/α,β-unsaturated/α-hetero) is 1. The molecule has 8 nitrogen and oxygen atoms in total. The summed E-state index contributed by atoms with van der Waals surface area (Å²) in [5.41, 5.74) is -0.556. The molecule has 0 bridgehead atoms. The SMILES string of the molecule is CC(=O)O[C@H]1CC[C@]2(C)[C@H]3CC[C@@H]4C5=C(C(C)C)C(=O)C[C@]5(NC(=O)C(C)(C)NC(=O)OC(C)(C)C)CC[C@@]4(C)[C@]3(C)CC[C@H]2C1(C)C. The Labute approximate surface area is 289 Å². The average Bonchev–Trinajstić information content (AvgIpc) is 3.21. The Balaban J connectivity index is 1.49. The third-order valence-electron chi connectivity index (χ3n) is 14.4. The minimum Gasteiger partial charge on any atom is -0.462 e. The second-order valence-electron chi connectivity index (χ2n) is 19.4. The lowest BCUT2D eigenvalue weighted by molar-refractivity contribution is -0.231. The van der Waals surface area contributed by atoms with Crippen LogP contribution in [0.5, 0.6) is 0 Å². The minimum absolute atomic E-state index is 0.0423. The van der Waals surface area contributed by atoms with Gasteiger partial charge >= 0.3 is 12.1 Å². The summed E-state index contributed by atoms with van der Waals surface area (Å²) in [5, 5.41) is 6.19. The van der Waals surface area contributed by atoms with Crippen LogP contribution in [0.2, 0.25) is 0 Å². The average molecular weight is 669 g/mol. The molecule has 2 N–H and O–H groups in total. The van der Waals surface area contributed by atoms with E-state index in [1.54, 1.807) is 34.6 Å². The van der Waals surface area contributed by atoms with Gasteiger partial charge in [-0.3, -0.25) is 14.4 Å². The van der Waals surface area contributed by atoms with Gasteiger partial charge < -0.3 is 20.1 Å². The summed E-state index contributed by atoms with van der Waals surface area (Å²) in [6.45, 7) is 26.7. The van der Waals surface area contributed by atoms with Gasteiger partial charge in [-0.2, -0.15) is 0 Å². The van der Waals surface area contributed by atoms with E-state index in [1.165, 1.54) is 12.5 Å². The maximum absolute atomic E-state index is 14.1. The normalized spacial score (nSPS) is 39.1. The Hall–Kier alpha value is -2.38. The second-order valence-corrected chi connectivity index (χ2v) is 19.4. The van der Waals surface area contributed by atoms with Crippen LogP contribution in [0.15, 0.2) is 11.1 Å². The number of esters is 1. The number of nitrogens with one attached hydrogen (secondary N) is 2. The van der Waals surface area contributed by atoms with Crippen molar-refractivity contribution >= 4 is 23.8 Å². The summed E-state index contributed by atoms with van der Waals surface area (Å²) in [7, 11) is 0. The summed E-state index contributed by atoms with van der Waals surface area (Å²) < 4.78 is 11.4. The van der Waals surface area contributed by atoms with Crippen molar-refractivity contribution in [3.05, 3.63) is 11.1 Å². The lowest BCUT2D eigenvalue weighted by Gasteiger charge is -2.72. The van der Waals surface area contributed by atoms with E-state index in [-0.39, 0.29) is 63.7 Å². The van der Waals surface area contributed by atoms with E-state index in [4.69, 9.17) is 9.47 Å². The Kier molecular flexibility index (Phi) is 8.90. The number of carbonyl (C=O) groups is 4. The third kappa shape index (κ3) is 5.63. The van der Waals surface area contributed by atoms with E-state index in [1.807, 2.05) is 0 Å². The summed E-state index contributed by atoms with van der Waals surface area (Å²) >= 11 is 0. The fourth-order valence-corrected chi connectivity index (χ4v) is 12.1. The van der Waals surface area contributed by atoms with Crippen LogP contribution in [0.4, 0.5) is 4.79 Å². The molecule has 0 saturated heterocycles. The smallest absolute Gasteiger partial charge is 0.408 e. The van der Waals surface area contributed by atoms with Gasteiger partial charge in [-0.25, -0.2) is 4.79 Å². The number of ether oxygens (including phenoxy) is 2. The Morgan fingerprint density at radius 1 is 0.833 bits per heavy atom. The van der Waals surface area contributed by atoms with Gasteiger partial charge in [-0.15, -0.1) is 0 Å². The number of hydrogen-bond acceptors (Lipinski definition) is 6. The Bertz CT molecular complexity index is 1400. The van der Waals surface area contributed by atoms with Crippen LogP contribution in [0.1, 0.15) is 148 Å². The van der Waals surface area contributed by atoms with Gasteiger partial charge in [0, 0.05) is 18.8 Å². The molecular formula is C40H64N2O6. The van der Waals surface area contributed by atoms with E-state index in [9.17, 15) is 19.2 Å². The van der Waals surface area contributed by atoms with Crippen LogP contribution < -0.4 is 10.6 Å². The highest BCUT2D eigenvalue weighted by atomic mass is 16.6. The van der Waals surface area contributed by atoms with E-state index in [0.717, 1.165) is 50.5 Å². The molecular weight excluding hydrogens is 604 g/mol. The molecule has 48 heavy (non-hydrogen) atoms. The van der Waals surface area contributed by atoms with Crippen LogP contribution in [-0.4, -0.2) is 46.5 Å². The van der Waals surface area contributed by atoms with E-state index in [2.05, 4.69) is 59.1 Å². The van der Waals surface area contributed by atoms with E-state index in [0.29, 0.717) is 18.3 Å². The zero-order valence-electron chi connectivity index (χ0n) is 32.2. The highest BCUT2D eigenvalue weighted by molar-refractivity contribution is 6.03. The number of alkyl carbamates (subject to hydrolysis) is 1. The molecule has 8 heteroatoms. The van der Waals surface area contributed by atoms with Crippen LogP contribution in [-0.2, 0) is 23.9 Å². The molecule has 5 rings (SSSR count). The zero-order chi connectivity index (χ0) is 36.0. The molecule has 0 radical (unpaired) electrons. The molecule has 4 fully saturated rings. The predicted molar refractivity (Wildman–Crippen MR) is 187 cm³/mol. The van der Waals surface area contributed by atoms with Crippen LogP contribution in [0.25, 0.3) is 0 Å². The van der Waals surface area contributed by atoms with Gasteiger partial charge in [0.25, 0.3) is 0 Å². The maximum atomic E-state index is 14.1. The molecule has 8 atom stereocenters. The number of ketones is 1.